The second kappa shape index (κ2) is 6.12. The Bertz CT molecular complexity index is 370. The second-order valence-electron chi connectivity index (χ2n) is 6.72. The number of carboxylic acids is 1. The third-order valence-corrected chi connectivity index (χ3v) is 4.62. The van der Waals surface area contributed by atoms with Gasteiger partial charge in [0, 0.05) is 18.6 Å². The lowest BCUT2D eigenvalue weighted by atomic mass is 9.74. The molecule has 0 unspecified atom stereocenters. The number of rotatable bonds is 7. The van der Waals surface area contributed by atoms with Gasteiger partial charge in [0.1, 0.15) is 0 Å². The molecule has 1 amide bonds. The summed E-state index contributed by atoms with van der Waals surface area (Å²) in [4.78, 5) is 23.3. The summed E-state index contributed by atoms with van der Waals surface area (Å²) >= 11 is 0. The van der Waals surface area contributed by atoms with Crippen LogP contribution in [0.15, 0.2) is 0 Å². The van der Waals surface area contributed by atoms with Gasteiger partial charge in [-0.15, -0.1) is 0 Å². The summed E-state index contributed by atoms with van der Waals surface area (Å²) in [6.07, 6.45) is 2.58. The van der Waals surface area contributed by atoms with Gasteiger partial charge < -0.3 is 15.2 Å². The Morgan fingerprint density at radius 3 is 2.25 bits per heavy atom. The molecule has 0 saturated heterocycles. The average Bonchev–Trinajstić information content (AvgIpc) is 2.24. The number of aliphatic carboxylic acids is 1. The number of ether oxygens (including phenoxy) is 1. The molecule has 116 valence electrons. The zero-order valence-electron chi connectivity index (χ0n) is 13.2. The highest BCUT2D eigenvalue weighted by Gasteiger charge is 2.44. The van der Waals surface area contributed by atoms with E-state index in [0.29, 0.717) is 25.0 Å². The van der Waals surface area contributed by atoms with E-state index in [2.05, 4.69) is 5.32 Å². The van der Waals surface area contributed by atoms with Crippen LogP contribution in [0.2, 0.25) is 0 Å². The predicted molar refractivity (Wildman–Crippen MR) is 76.4 cm³/mol. The van der Waals surface area contributed by atoms with Gasteiger partial charge in [0.05, 0.1) is 11.5 Å². The highest BCUT2D eigenvalue weighted by Crippen LogP contribution is 2.34. The topological polar surface area (TPSA) is 75.6 Å². The Kier molecular flexibility index (Phi) is 5.19. The third kappa shape index (κ3) is 3.72. The molecule has 0 radical (unpaired) electrons. The largest absolute Gasteiger partial charge is 0.481 e. The van der Waals surface area contributed by atoms with Gasteiger partial charge in [0.15, 0.2) is 0 Å². The van der Waals surface area contributed by atoms with Crippen LogP contribution in [-0.4, -0.2) is 35.2 Å². The molecular formula is C15H27NO4. The van der Waals surface area contributed by atoms with Crippen LogP contribution in [0.25, 0.3) is 0 Å². The van der Waals surface area contributed by atoms with E-state index in [4.69, 9.17) is 4.74 Å². The molecule has 0 aromatic heterocycles. The average molecular weight is 285 g/mol. The maximum absolute atomic E-state index is 12.1. The molecule has 0 heterocycles. The van der Waals surface area contributed by atoms with E-state index in [0.717, 1.165) is 12.8 Å². The van der Waals surface area contributed by atoms with E-state index in [1.165, 1.54) is 0 Å². The summed E-state index contributed by atoms with van der Waals surface area (Å²) < 4.78 is 5.47. The van der Waals surface area contributed by atoms with Crippen LogP contribution >= 0.6 is 0 Å². The van der Waals surface area contributed by atoms with Crippen LogP contribution in [0, 0.1) is 11.3 Å². The van der Waals surface area contributed by atoms with Gasteiger partial charge in [-0.1, -0.05) is 0 Å². The number of carboxylic acid groups (broad SMARTS) is 1. The lowest BCUT2D eigenvalue weighted by Gasteiger charge is -2.40. The molecule has 1 aliphatic rings. The van der Waals surface area contributed by atoms with Crippen molar-refractivity contribution in [2.75, 3.05) is 6.61 Å². The first-order valence-electron chi connectivity index (χ1n) is 7.26. The molecule has 5 nitrogen and oxygen atoms in total. The molecule has 2 N–H and O–H groups in total. The highest BCUT2D eigenvalue weighted by molar-refractivity contribution is 5.80. The Morgan fingerprint density at radius 1 is 1.25 bits per heavy atom. The lowest BCUT2D eigenvalue weighted by Crippen LogP contribution is -2.57. The van der Waals surface area contributed by atoms with Crippen LogP contribution in [0.4, 0.5) is 0 Å². The first-order chi connectivity index (χ1) is 9.10. The smallest absolute Gasteiger partial charge is 0.311 e. The minimum atomic E-state index is -1.02. The highest BCUT2D eigenvalue weighted by atomic mass is 16.5. The van der Waals surface area contributed by atoms with E-state index < -0.39 is 16.9 Å². The number of amides is 1. The van der Waals surface area contributed by atoms with Crippen LogP contribution in [-0.2, 0) is 14.3 Å². The van der Waals surface area contributed by atoms with Crippen molar-refractivity contribution >= 4 is 11.9 Å². The molecule has 5 heteroatoms. The molecule has 1 fully saturated rings. The Labute approximate surface area is 121 Å². The van der Waals surface area contributed by atoms with Crippen molar-refractivity contribution in [1.29, 1.82) is 0 Å². The first kappa shape index (κ1) is 17.0. The Balaban J connectivity index is 2.45. The number of carbonyl (C=O) groups excluding carboxylic acids is 1. The van der Waals surface area contributed by atoms with Crippen molar-refractivity contribution in [3.8, 4) is 0 Å². The molecule has 1 rings (SSSR count). The van der Waals surface area contributed by atoms with Gasteiger partial charge >= 0.3 is 5.97 Å². The number of hydrogen-bond donors (Lipinski definition) is 2. The van der Waals surface area contributed by atoms with E-state index in [-0.39, 0.29) is 5.91 Å². The molecule has 1 aliphatic carbocycles. The van der Waals surface area contributed by atoms with E-state index in [1.807, 2.05) is 6.92 Å². The van der Waals surface area contributed by atoms with Gasteiger partial charge in [-0.3, -0.25) is 9.59 Å². The maximum atomic E-state index is 12.1. The fourth-order valence-corrected chi connectivity index (χ4v) is 2.30. The quantitative estimate of drug-likeness (QED) is 0.752. The van der Waals surface area contributed by atoms with Crippen molar-refractivity contribution in [1.82, 2.24) is 5.32 Å². The summed E-state index contributed by atoms with van der Waals surface area (Å²) in [6, 6.07) is 0. The molecule has 0 aromatic rings. The lowest BCUT2D eigenvalue weighted by molar-refractivity contribution is -0.152. The van der Waals surface area contributed by atoms with Gasteiger partial charge in [-0.25, -0.2) is 0 Å². The van der Waals surface area contributed by atoms with E-state index >= 15 is 0 Å². The van der Waals surface area contributed by atoms with Gasteiger partial charge in [-0.2, -0.15) is 0 Å². The van der Waals surface area contributed by atoms with Crippen LogP contribution < -0.4 is 5.32 Å². The van der Waals surface area contributed by atoms with E-state index in [9.17, 15) is 14.7 Å². The summed E-state index contributed by atoms with van der Waals surface area (Å²) in [5.41, 5.74) is -1.81. The van der Waals surface area contributed by atoms with Crippen LogP contribution in [0.1, 0.15) is 53.9 Å². The molecule has 0 aromatic carbocycles. The zero-order valence-corrected chi connectivity index (χ0v) is 13.2. The molecule has 0 bridgehead atoms. The van der Waals surface area contributed by atoms with Crippen molar-refractivity contribution < 1.29 is 19.4 Å². The minimum Gasteiger partial charge on any atom is -0.481 e. The molecule has 0 aliphatic heterocycles. The van der Waals surface area contributed by atoms with Crippen LogP contribution in [0.5, 0.6) is 0 Å². The van der Waals surface area contributed by atoms with Gasteiger partial charge in [-0.05, 0) is 53.4 Å². The number of nitrogens with one attached hydrogen (secondary N) is 1. The van der Waals surface area contributed by atoms with Crippen molar-refractivity contribution in [2.45, 2.75) is 65.5 Å². The Morgan fingerprint density at radius 2 is 1.80 bits per heavy atom. The molecular weight excluding hydrogens is 258 g/mol. The standard InChI is InChI=1S/C15H27NO4/c1-6-20-11-7-10(8-11)9-12(17)16-15(4,5)14(2,3)13(18)19/h10-11H,6-9H2,1-5H3,(H,16,17)(H,18,19). The first-order valence-corrected chi connectivity index (χ1v) is 7.26. The van der Waals surface area contributed by atoms with Crippen molar-refractivity contribution in [3.63, 3.8) is 0 Å². The summed E-state index contributed by atoms with van der Waals surface area (Å²) in [7, 11) is 0. The molecule has 20 heavy (non-hydrogen) atoms. The minimum absolute atomic E-state index is 0.0794. The zero-order chi connectivity index (χ0) is 15.6. The third-order valence-electron chi connectivity index (χ3n) is 4.62. The van der Waals surface area contributed by atoms with Crippen LogP contribution in [0.3, 0.4) is 0 Å². The van der Waals surface area contributed by atoms with Gasteiger partial charge in [0.25, 0.3) is 0 Å². The Hall–Kier alpha value is -1.10. The summed E-state index contributed by atoms with van der Waals surface area (Å²) in [6.45, 7) is 9.44. The predicted octanol–water partition coefficient (Wildman–Crippen LogP) is 2.20. The molecule has 0 atom stereocenters. The molecule has 0 spiro atoms. The van der Waals surface area contributed by atoms with Crippen molar-refractivity contribution in [3.05, 3.63) is 0 Å². The van der Waals surface area contributed by atoms with Gasteiger partial charge in [0.2, 0.25) is 5.91 Å². The SMILES string of the molecule is CCOC1CC(CC(=O)NC(C)(C)C(C)(C)C(=O)O)C1. The summed E-state index contributed by atoms with van der Waals surface area (Å²) in [5, 5.41) is 12.1. The summed E-state index contributed by atoms with van der Waals surface area (Å²) in [5.74, 6) is -0.637. The van der Waals surface area contributed by atoms with Crippen molar-refractivity contribution in [2.24, 2.45) is 11.3 Å². The fourth-order valence-electron chi connectivity index (χ4n) is 2.30. The second-order valence-corrected chi connectivity index (χ2v) is 6.72. The number of hydrogen-bond acceptors (Lipinski definition) is 3. The monoisotopic (exact) mass is 285 g/mol. The van der Waals surface area contributed by atoms with E-state index in [1.54, 1.807) is 27.7 Å². The fraction of sp³-hybridized carbons (Fsp3) is 0.867. The molecule has 1 saturated carbocycles. The normalized spacial score (nSPS) is 23.1. The number of carbonyl (C=O) groups is 2. The maximum Gasteiger partial charge on any atom is 0.311 e.